The molecule has 3 rings (SSSR count). The van der Waals surface area contributed by atoms with Gasteiger partial charge in [-0.1, -0.05) is 30.3 Å². The first-order valence-corrected chi connectivity index (χ1v) is 9.18. The Morgan fingerprint density at radius 1 is 1.19 bits per heavy atom. The van der Waals surface area contributed by atoms with Crippen molar-refractivity contribution in [3.05, 3.63) is 54.6 Å². The van der Waals surface area contributed by atoms with Crippen LogP contribution in [-0.4, -0.2) is 56.3 Å². The normalized spacial score (nSPS) is 16.6. The minimum absolute atomic E-state index is 0.0420. The van der Waals surface area contributed by atoms with Crippen molar-refractivity contribution in [2.45, 2.75) is 19.1 Å². The van der Waals surface area contributed by atoms with Crippen LogP contribution in [0.5, 0.6) is 17.2 Å². The lowest BCUT2D eigenvalue weighted by atomic mass is 10.2. The summed E-state index contributed by atoms with van der Waals surface area (Å²) in [6.07, 6.45) is -0.192. The van der Waals surface area contributed by atoms with Gasteiger partial charge in [-0.25, -0.2) is 0 Å². The van der Waals surface area contributed by atoms with Crippen LogP contribution < -0.4 is 19.5 Å². The van der Waals surface area contributed by atoms with Crippen molar-refractivity contribution in [3.8, 4) is 17.2 Å². The van der Waals surface area contributed by atoms with E-state index in [9.17, 15) is 4.79 Å². The van der Waals surface area contributed by atoms with Crippen molar-refractivity contribution >= 4 is 5.91 Å². The van der Waals surface area contributed by atoms with Crippen molar-refractivity contribution in [3.63, 3.8) is 0 Å². The number of carbonyl (C=O) groups excluding carboxylic acids is 1. The lowest BCUT2D eigenvalue weighted by Gasteiger charge is -2.28. The second-order valence-corrected chi connectivity index (χ2v) is 6.56. The summed E-state index contributed by atoms with van der Waals surface area (Å²) in [5.74, 6) is 2.25. The first-order valence-electron chi connectivity index (χ1n) is 9.18. The maximum absolute atomic E-state index is 12.4. The van der Waals surface area contributed by atoms with Crippen molar-refractivity contribution in [2.75, 3.05) is 33.4 Å². The average Bonchev–Trinajstić information content (AvgIpc) is 2.72. The largest absolute Gasteiger partial charge is 0.492 e. The van der Waals surface area contributed by atoms with Gasteiger partial charge >= 0.3 is 0 Å². The van der Waals surface area contributed by atoms with Crippen LogP contribution >= 0.6 is 0 Å². The van der Waals surface area contributed by atoms with E-state index >= 15 is 0 Å². The zero-order valence-electron chi connectivity index (χ0n) is 15.8. The molecule has 1 N–H and O–H groups in total. The molecule has 2 aromatic carbocycles. The summed E-state index contributed by atoms with van der Waals surface area (Å²) < 4.78 is 17.2. The zero-order chi connectivity index (χ0) is 19.1. The number of rotatable bonds is 8. The molecule has 2 aromatic rings. The van der Waals surface area contributed by atoms with Crippen LogP contribution in [0.15, 0.2) is 54.6 Å². The molecular formula is C21H26N2O4. The van der Waals surface area contributed by atoms with Crippen molar-refractivity contribution in [1.82, 2.24) is 10.2 Å². The lowest BCUT2D eigenvalue weighted by molar-refractivity contribution is -0.126. The Morgan fingerprint density at radius 3 is 2.67 bits per heavy atom. The molecule has 0 bridgehead atoms. The van der Waals surface area contributed by atoms with Gasteiger partial charge < -0.3 is 19.5 Å². The highest BCUT2D eigenvalue weighted by Gasteiger charge is 2.23. The maximum atomic E-state index is 12.4. The minimum atomic E-state index is -0.263. The molecule has 1 amide bonds. The van der Waals surface area contributed by atoms with Gasteiger partial charge in [0.2, 0.25) is 5.91 Å². The third-order valence-electron chi connectivity index (χ3n) is 4.57. The Bertz CT molecular complexity index is 738. The quantitative estimate of drug-likeness (QED) is 0.773. The first kappa shape index (κ1) is 19.0. The van der Waals surface area contributed by atoms with Gasteiger partial charge in [0.05, 0.1) is 12.6 Å². The molecule has 144 valence electrons. The molecule has 2 atom stereocenters. The molecule has 0 saturated heterocycles. The van der Waals surface area contributed by atoms with Crippen LogP contribution in [0.1, 0.15) is 6.92 Å². The number of para-hydroxylation sites is 3. The molecule has 27 heavy (non-hydrogen) atoms. The van der Waals surface area contributed by atoms with E-state index in [-0.39, 0.29) is 18.1 Å². The molecule has 0 radical (unpaired) electrons. The van der Waals surface area contributed by atoms with Crippen LogP contribution in [0.3, 0.4) is 0 Å². The Morgan fingerprint density at radius 2 is 1.89 bits per heavy atom. The van der Waals surface area contributed by atoms with Crippen molar-refractivity contribution in [1.29, 1.82) is 0 Å². The molecule has 6 heteroatoms. The predicted octanol–water partition coefficient (Wildman–Crippen LogP) is 2.34. The molecule has 0 aromatic heterocycles. The number of hydrogen-bond donors (Lipinski definition) is 1. The summed E-state index contributed by atoms with van der Waals surface area (Å²) in [6.45, 7) is 3.89. The van der Waals surface area contributed by atoms with Crippen LogP contribution in [-0.2, 0) is 4.79 Å². The van der Waals surface area contributed by atoms with E-state index in [0.29, 0.717) is 32.1 Å². The summed E-state index contributed by atoms with van der Waals surface area (Å²) in [4.78, 5) is 14.4. The smallest absolute Gasteiger partial charge is 0.237 e. The number of carbonyl (C=O) groups is 1. The Kier molecular flexibility index (Phi) is 6.54. The van der Waals surface area contributed by atoms with Gasteiger partial charge in [0.15, 0.2) is 11.5 Å². The van der Waals surface area contributed by atoms with Gasteiger partial charge in [-0.3, -0.25) is 9.69 Å². The average molecular weight is 370 g/mol. The van der Waals surface area contributed by atoms with E-state index in [1.807, 2.05) is 73.5 Å². The highest BCUT2D eigenvalue weighted by Crippen LogP contribution is 2.30. The summed E-state index contributed by atoms with van der Waals surface area (Å²) >= 11 is 0. The minimum Gasteiger partial charge on any atom is -0.492 e. The second kappa shape index (κ2) is 9.28. The fourth-order valence-electron chi connectivity index (χ4n) is 2.74. The third kappa shape index (κ3) is 5.37. The lowest BCUT2D eigenvalue weighted by Crippen LogP contribution is -2.48. The third-order valence-corrected chi connectivity index (χ3v) is 4.57. The second-order valence-electron chi connectivity index (χ2n) is 6.56. The number of ether oxygens (including phenoxy) is 3. The molecule has 0 saturated carbocycles. The van der Waals surface area contributed by atoms with Gasteiger partial charge in [0, 0.05) is 6.54 Å². The summed E-state index contributed by atoms with van der Waals surface area (Å²) in [6, 6.07) is 16.9. The van der Waals surface area contributed by atoms with Crippen molar-refractivity contribution < 1.29 is 19.0 Å². The van der Waals surface area contributed by atoms with Gasteiger partial charge in [0.1, 0.15) is 25.1 Å². The first-order chi connectivity index (χ1) is 13.1. The molecule has 0 spiro atoms. The Balaban J connectivity index is 1.38. The molecule has 1 aliphatic heterocycles. The summed E-state index contributed by atoms with van der Waals surface area (Å²) in [5.41, 5.74) is 0. The fourth-order valence-corrected chi connectivity index (χ4v) is 2.74. The van der Waals surface area contributed by atoms with Crippen LogP contribution in [0.2, 0.25) is 0 Å². The van der Waals surface area contributed by atoms with E-state index < -0.39 is 0 Å². The summed E-state index contributed by atoms with van der Waals surface area (Å²) in [5, 5.41) is 2.95. The van der Waals surface area contributed by atoms with Gasteiger partial charge in [0.25, 0.3) is 0 Å². The van der Waals surface area contributed by atoms with Gasteiger partial charge in [-0.15, -0.1) is 0 Å². The number of hydrogen-bond acceptors (Lipinski definition) is 5. The van der Waals surface area contributed by atoms with Crippen LogP contribution in [0.25, 0.3) is 0 Å². The number of nitrogens with zero attached hydrogens (tertiary/aromatic N) is 1. The molecule has 1 heterocycles. The van der Waals surface area contributed by atoms with E-state index in [2.05, 4.69) is 5.32 Å². The maximum Gasteiger partial charge on any atom is 0.237 e. The van der Waals surface area contributed by atoms with E-state index in [1.54, 1.807) is 0 Å². The predicted molar refractivity (Wildman–Crippen MR) is 103 cm³/mol. The Hall–Kier alpha value is -2.73. The van der Waals surface area contributed by atoms with Crippen molar-refractivity contribution in [2.24, 2.45) is 0 Å². The van der Waals surface area contributed by atoms with Gasteiger partial charge in [-0.05, 0) is 38.2 Å². The van der Waals surface area contributed by atoms with Crippen LogP contribution in [0.4, 0.5) is 0 Å². The molecule has 0 fully saturated rings. The SMILES string of the molecule is CC(C(=O)NCC1COc2ccccc2O1)N(C)CCOc1ccccc1. The number of fused-ring (bicyclic) bond motifs is 1. The number of nitrogens with one attached hydrogen (secondary N) is 1. The van der Waals surface area contributed by atoms with E-state index in [1.165, 1.54) is 0 Å². The zero-order valence-corrected chi connectivity index (χ0v) is 15.8. The van der Waals surface area contributed by atoms with E-state index in [0.717, 1.165) is 11.5 Å². The number of benzene rings is 2. The number of amides is 1. The highest BCUT2D eigenvalue weighted by atomic mass is 16.6. The topological polar surface area (TPSA) is 60.0 Å². The van der Waals surface area contributed by atoms with Crippen LogP contribution in [0, 0.1) is 0 Å². The molecule has 6 nitrogen and oxygen atoms in total. The van der Waals surface area contributed by atoms with E-state index in [4.69, 9.17) is 14.2 Å². The molecule has 0 aliphatic carbocycles. The Labute approximate surface area is 160 Å². The summed E-state index contributed by atoms with van der Waals surface area (Å²) in [7, 11) is 1.91. The molecule has 2 unspecified atom stereocenters. The molecular weight excluding hydrogens is 344 g/mol. The monoisotopic (exact) mass is 370 g/mol. The molecule has 1 aliphatic rings. The number of likely N-dealkylation sites (N-methyl/N-ethyl adjacent to an activating group) is 1. The highest BCUT2D eigenvalue weighted by molar-refractivity contribution is 5.81. The standard InChI is InChI=1S/C21H26N2O4/c1-16(23(2)12-13-25-17-8-4-3-5-9-17)21(24)22-14-18-15-26-19-10-6-7-11-20(19)27-18/h3-11,16,18H,12-15H2,1-2H3,(H,22,24). The van der Waals surface area contributed by atoms with Gasteiger partial charge in [-0.2, -0.15) is 0 Å². The fraction of sp³-hybridized carbons (Fsp3) is 0.381.